The number of ether oxygens (including phenoxy) is 1. The van der Waals surface area contributed by atoms with Gasteiger partial charge in [-0.3, -0.25) is 0 Å². The Hall–Kier alpha value is 0.137. The first-order valence-electron chi connectivity index (χ1n) is 7.81. The molecule has 7 rings (SSSR count). The Kier molecular flexibility index (Phi) is 1.21. The molecule has 1 N–H and O–H groups in total. The predicted molar refractivity (Wildman–Crippen MR) is 69.5 cm³/mol. The van der Waals surface area contributed by atoms with E-state index in [1.54, 1.807) is 0 Å². The molecule has 7 fully saturated rings. The van der Waals surface area contributed by atoms with E-state index in [1.807, 2.05) is 0 Å². The lowest BCUT2D eigenvalue weighted by molar-refractivity contribution is -0.208. The summed E-state index contributed by atoms with van der Waals surface area (Å²) >= 11 is 0. The van der Waals surface area contributed by atoms with E-state index >= 15 is 0 Å². The number of rotatable bonds is 2. The molecule has 2 saturated heterocycles. The fraction of sp³-hybridized carbons (Fsp3) is 1.00. The van der Waals surface area contributed by atoms with Crippen LogP contribution in [-0.2, 0) is 4.74 Å². The second-order valence-electron chi connectivity index (χ2n) is 9.37. The van der Waals surface area contributed by atoms with Crippen LogP contribution in [0.4, 0.5) is 0 Å². The van der Waals surface area contributed by atoms with Gasteiger partial charge in [-0.15, -0.1) is 0 Å². The lowest BCUT2D eigenvalue weighted by Gasteiger charge is -2.47. The Morgan fingerprint density at radius 1 is 1.06 bits per heavy atom. The summed E-state index contributed by atoms with van der Waals surface area (Å²) in [5.41, 5.74) is 0.144. The molecule has 0 aromatic carbocycles. The summed E-state index contributed by atoms with van der Waals surface area (Å²) in [5.74, 6) is 5.59. The molecular formula is C15H22O2Si. The highest BCUT2D eigenvalue weighted by Crippen LogP contribution is 2.93. The third kappa shape index (κ3) is 0.638. The van der Waals surface area contributed by atoms with E-state index in [9.17, 15) is 5.11 Å². The van der Waals surface area contributed by atoms with Gasteiger partial charge in [0.05, 0.1) is 5.60 Å². The first-order valence-corrected chi connectivity index (χ1v) is 11.5. The molecule has 3 heteroatoms. The minimum atomic E-state index is -1.13. The summed E-state index contributed by atoms with van der Waals surface area (Å²) in [6.07, 6.45) is 1.44. The molecular weight excluding hydrogens is 240 g/mol. The van der Waals surface area contributed by atoms with Gasteiger partial charge in [0.15, 0.2) is 5.79 Å². The Labute approximate surface area is 109 Å². The summed E-state index contributed by atoms with van der Waals surface area (Å²) in [6, 6.07) is 1.30. The van der Waals surface area contributed by atoms with Crippen LogP contribution in [-0.4, -0.2) is 24.6 Å². The van der Waals surface area contributed by atoms with Gasteiger partial charge < -0.3 is 9.84 Å². The van der Waals surface area contributed by atoms with Gasteiger partial charge >= 0.3 is 0 Å². The van der Waals surface area contributed by atoms with Gasteiger partial charge in [0.1, 0.15) is 0 Å². The van der Waals surface area contributed by atoms with Crippen LogP contribution in [0.2, 0.25) is 25.7 Å². The van der Waals surface area contributed by atoms with Crippen LogP contribution in [0.25, 0.3) is 0 Å². The molecule has 0 spiro atoms. The quantitative estimate of drug-likeness (QED) is 0.773. The van der Waals surface area contributed by atoms with Crippen LogP contribution in [0, 0.1) is 47.3 Å². The maximum Gasteiger partial charge on any atom is 0.173 e. The van der Waals surface area contributed by atoms with Crippen molar-refractivity contribution in [3.63, 3.8) is 0 Å². The Morgan fingerprint density at radius 3 is 2.44 bits per heavy atom. The highest BCUT2D eigenvalue weighted by atomic mass is 28.3. The molecule has 2 heterocycles. The van der Waals surface area contributed by atoms with E-state index < -0.39 is 13.9 Å². The van der Waals surface area contributed by atoms with Crippen molar-refractivity contribution in [1.29, 1.82) is 0 Å². The van der Waals surface area contributed by atoms with Crippen molar-refractivity contribution in [3.8, 4) is 0 Å². The molecule has 98 valence electrons. The molecule has 0 amide bonds. The van der Waals surface area contributed by atoms with Crippen molar-refractivity contribution in [1.82, 2.24) is 0 Å². The first-order chi connectivity index (χ1) is 8.39. The minimum absolute atomic E-state index is 0.144. The molecule has 5 aliphatic carbocycles. The fourth-order valence-electron chi connectivity index (χ4n) is 8.36. The van der Waals surface area contributed by atoms with Crippen molar-refractivity contribution in [3.05, 3.63) is 0 Å². The molecule has 7 aliphatic rings. The van der Waals surface area contributed by atoms with Crippen LogP contribution in [0.3, 0.4) is 0 Å². The number of hydrogen-bond acceptors (Lipinski definition) is 2. The Balaban J connectivity index is 1.59. The highest BCUT2D eigenvalue weighted by molar-refractivity contribution is 6.76. The average Bonchev–Trinajstić information content (AvgIpc) is 2.73. The number of aliphatic hydroxyl groups is 1. The van der Waals surface area contributed by atoms with Crippen molar-refractivity contribution in [2.45, 2.75) is 43.5 Å². The van der Waals surface area contributed by atoms with E-state index in [0.29, 0.717) is 11.8 Å². The zero-order valence-corrected chi connectivity index (χ0v) is 12.4. The van der Waals surface area contributed by atoms with Gasteiger partial charge in [-0.2, -0.15) is 0 Å². The normalized spacial score (nSPS) is 76.0. The third-order valence-corrected chi connectivity index (χ3v) is 9.36. The summed E-state index contributed by atoms with van der Waals surface area (Å²) in [7, 11) is -1.13. The molecule has 4 bridgehead atoms. The topological polar surface area (TPSA) is 29.5 Å². The summed E-state index contributed by atoms with van der Waals surface area (Å²) in [4.78, 5) is 0. The molecule has 0 unspecified atom stereocenters. The molecule has 2 aliphatic heterocycles. The Morgan fingerprint density at radius 2 is 1.72 bits per heavy atom. The van der Waals surface area contributed by atoms with Gasteiger partial charge in [0.2, 0.25) is 0 Å². The predicted octanol–water partition coefficient (Wildman–Crippen LogP) is 2.17. The fourth-order valence-corrected chi connectivity index (χ4v) is 10.6. The third-order valence-electron chi connectivity index (χ3n) is 7.75. The zero-order chi connectivity index (χ0) is 12.2. The van der Waals surface area contributed by atoms with Gasteiger partial charge in [-0.1, -0.05) is 19.6 Å². The molecule has 0 radical (unpaired) electrons. The van der Waals surface area contributed by atoms with Crippen LogP contribution in [0.5, 0.6) is 0 Å². The van der Waals surface area contributed by atoms with Crippen molar-refractivity contribution < 1.29 is 9.84 Å². The van der Waals surface area contributed by atoms with Gasteiger partial charge in [0.25, 0.3) is 0 Å². The van der Waals surface area contributed by atoms with E-state index in [4.69, 9.17) is 4.74 Å². The monoisotopic (exact) mass is 262 g/mol. The van der Waals surface area contributed by atoms with Gasteiger partial charge in [0, 0.05) is 19.9 Å². The Bertz CT molecular complexity index is 495. The average molecular weight is 262 g/mol. The second-order valence-corrected chi connectivity index (χ2v) is 14.8. The molecule has 2 nitrogen and oxygen atoms in total. The largest absolute Gasteiger partial charge is 0.365 e. The zero-order valence-electron chi connectivity index (χ0n) is 11.4. The standard InChI is InChI=1S/C15H22O2Si/c1-18(2,3)5-14-10-6-4-7-9-8(6)12(14)13(9)15(16,17-14)11(7)10/h6-13,16H,4-5H2,1-3H3/t6-,7-,8+,9+,10+,11+,12+,13+,14-,15-/m0/s1. The van der Waals surface area contributed by atoms with E-state index in [1.165, 1.54) is 12.5 Å². The molecule has 10 atom stereocenters. The summed E-state index contributed by atoms with van der Waals surface area (Å²) in [6.45, 7) is 7.42. The van der Waals surface area contributed by atoms with Crippen LogP contribution in [0.1, 0.15) is 6.42 Å². The lowest BCUT2D eigenvalue weighted by Crippen LogP contribution is -2.53. The minimum Gasteiger partial charge on any atom is -0.365 e. The maximum atomic E-state index is 11.1. The van der Waals surface area contributed by atoms with Crippen LogP contribution >= 0.6 is 0 Å². The van der Waals surface area contributed by atoms with E-state index in [2.05, 4.69) is 19.6 Å². The number of hydrogen-bond donors (Lipinski definition) is 1. The van der Waals surface area contributed by atoms with Crippen LogP contribution < -0.4 is 0 Å². The molecule has 0 aromatic heterocycles. The first kappa shape index (κ1) is 9.95. The highest BCUT2D eigenvalue weighted by Gasteiger charge is 2.97. The summed E-state index contributed by atoms with van der Waals surface area (Å²) < 4.78 is 6.51. The lowest BCUT2D eigenvalue weighted by atomic mass is 9.57. The second kappa shape index (κ2) is 2.19. The molecule has 5 saturated carbocycles. The van der Waals surface area contributed by atoms with Crippen molar-refractivity contribution in [2.24, 2.45) is 47.3 Å². The smallest absolute Gasteiger partial charge is 0.173 e. The van der Waals surface area contributed by atoms with Gasteiger partial charge in [-0.25, -0.2) is 0 Å². The van der Waals surface area contributed by atoms with Crippen molar-refractivity contribution in [2.75, 3.05) is 0 Å². The maximum absolute atomic E-state index is 11.1. The van der Waals surface area contributed by atoms with E-state index in [-0.39, 0.29) is 5.60 Å². The SMILES string of the molecule is C[Si](C)(C)C[C@@]12O[C@@]3(O)[C@@H]4[C@H]5C[C@@H]([C@@H]6[C@@H]5[C@@H]3[C@@H]61)[C@H]42. The van der Waals surface area contributed by atoms with Gasteiger partial charge in [-0.05, 0) is 48.0 Å². The van der Waals surface area contributed by atoms with Crippen molar-refractivity contribution >= 4 is 8.07 Å². The molecule has 18 heavy (non-hydrogen) atoms. The molecule has 0 aromatic rings. The van der Waals surface area contributed by atoms with E-state index in [0.717, 1.165) is 35.5 Å². The van der Waals surface area contributed by atoms with Crippen LogP contribution in [0.15, 0.2) is 0 Å². The summed E-state index contributed by atoms with van der Waals surface area (Å²) in [5, 5.41) is 11.1.